The number of pyridine rings is 1. The van der Waals surface area contributed by atoms with Crippen molar-refractivity contribution in [1.82, 2.24) is 15.2 Å². The molecule has 178 valence electrons. The summed E-state index contributed by atoms with van der Waals surface area (Å²) in [5, 5.41) is 12.5. The number of hydrogen-bond donors (Lipinski definition) is 2. The summed E-state index contributed by atoms with van der Waals surface area (Å²) in [6.45, 7) is 4.64. The second kappa shape index (κ2) is 9.64. The lowest BCUT2D eigenvalue weighted by Gasteiger charge is -2.28. The summed E-state index contributed by atoms with van der Waals surface area (Å²) in [4.78, 5) is 19.4. The highest BCUT2D eigenvalue weighted by Gasteiger charge is 2.32. The molecule has 11 heteroatoms. The third kappa shape index (κ3) is 5.25. The first-order valence-electron chi connectivity index (χ1n) is 10.6. The van der Waals surface area contributed by atoms with E-state index in [2.05, 4.69) is 30.7 Å². The number of nitrogens with zero attached hydrogens (tertiary/aromatic N) is 4. The van der Waals surface area contributed by atoms with E-state index in [-0.39, 0.29) is 0 Å². The minimum atomic E-state index is -4.62. The largest absolute Gasteiger partial charge is 0.418 e. The number of amides is 1. The molecule has 1 aliphatic rings. The quantitative estimate of drug-likeness (QED) is 0.580. The van der Waals surface area contributed by atoms with Gasteiger partial charge in [0.1, 0.15) is 11.6 Å². The van der Waals surface area contributed by atoms with Gasteiger partial charge in [-0.25, -0.2) is 4.98 Å². The number of halogens is 3. The van der Waals surface area contributed by atoms with Crippen molar-refractivity contribution in [3.63, 3.8) is 0 Å². The molecule has 0 spiro atoms. The monoisotopic (exact) mass is 472 g/mol. The molecule has 3 aromatic rings. The highest BCUT2D eigenvalue weighted by atomic mass is 19.4. The standard InChI is InChI=1S/C23H23F3N6O2/c1-14-3-4-17(29-22(33)19-11-16(13-28-31-19)23(24,25)26)12-18(14)15-9-20(27-2)30-21(10-15)32-5-7-34-8-6-32/h3-4,9-13H,5-8H2,1-2H3,(H,27,30)(H,29,33). The molecule has 2 N–H and O–H groups in total. The van der Waals surface area contributed by atoms with E-state index in [9.17, 15) is 18.0 Å². The number of ether oxygens (including phenoxy) is 1. The Hall–Kier alpha value is -3.73. The summed E-state index contributed by atoms with van der Waals surface area (Å²) in [5.74, 6) is 0.707. The van der Waals surface area contributed by atoms with Crippen molar-refractivity contribution in [1.29, 1.82) is 0 Å². The molecule has 0 unspecified atom stereocenters. The zero-order valence-corrected chi connectivity index (χ0v) is 18.6. The third-order valence-corrected chi connectivity index (χ3v) is 5.42. The Morgan fingerprint density at radius 3 is 2.59 bits per heavy atom. The average molecular weight is 472 g/mol. The van der Waals surface area contributed by atoms with Crippen molar-refractivity contribution in [2.75, 3.05) is 48.9 Å². The highest BCUT2D eigenvalue weighted by molar-refractivity contribution is 6.03. The number of nitrogens with one attached hydrogen (secondary N) is 2. The number of carbonyl (C=O) groups excluding carboxylic acids is 1. The number of carbonyl (C=O) groups is 1. The predicted octanol–water partition coefficient (Wildman–Crippen LogP) is 4.00. The number of rotatable bonds is 5. The summed E-state index contributed by atoms with van der Waals surface area (Å²) < 4.78 is 44.3. The fourth-order valence-electron chi connectivity index (χ4n) is 3.59. The molecule has 2 aromatic heterocycles. The molecule has 1 aromatic carbocycles. The van der Waals surface area contributed by atoms with Crippen LogP contribution in [0.1, 0.15) is 21.6 Å². The van der Waals surface area contributed by atoms with Crippen molar-refractivity contribution >= 4 is 23.2 Å². The fraction of sp³-hybridized carbons (Fsp3) is 0.304. The van der Waals surface area contributed by atoms with Gasteiger partial charge in [0, 0.05) is 25.8 Å². The van der Waals surface area contributed by atoms with Gasteiger partial charge in [-0.1, -0.05) is 6.07 Å². The molecular weight excluding hydrogens is 449 g/mol. The predicted molar refractivity (Wildman–Crippen MR) is 122 cm³/mol. The maximum absolute atomic E-state index is 13.0. The summed E-state index contributed by atoms with van der Waals surface area (Å²) in [5.41, 5.74) is 1.64. The molecule has 8 nitrogen and oxygen atoms in total. The van der Waals surface area contributed by atoms with Crippen molar-refractivity contribution in [2.45, 2.75) is 13.1 Å². The summed E-state index contributed by atoms with van der Waals surface area (Å²) in [7, 11) is 1.79. The van der Waals surface area contributed by atoms with Crippen molar-refractivity contribution in [3.8, 4) is 11.1 Å². The minimum Gasteiger partial charge on any atom is -0.378 e. The van der Waals surface area contributed by atoms with Crippen LogP contribution in [0.5, 0.6) is 0 Å². The van der Waals surface area contributed by atoms with Gasteiger partial charge in [-0.2, -0.15) is 18.3 Å². The van der Waals surface area contributed by atoms with Crippen molar-refractivity contribution in [2.24, 2.45) is 0 Å². The van der Waals surface area contributed by atoms with E-state index >= 15 is 0 Å². The molecule has 1 aliphatic heterocycles. The Labute approximate surface area is 194 Å². The minimum absolute atomic E-state index is 0.417. The van der Waals surface area contributed by atoms with Crippen LogP contribution < -0.4 is 15.5 Å². The van der Waals surface area contributed by atoms with Crippen molar-refractivity contribution in [3.05, 3.63) is 59.4 Å². The van der Waals surface area contributed by atoms with Crippen molar-refractivity contribution < 1.29 is 22.7 Å². The van der Waals surface area contributed by atoms with E-state index in [1.54, 1.807) is 19.2 Å². The van der Waals surface area contributed by atoms with Gasteiger partial charge >= 0.3 is 6.18 Å². The Morgan fingerprint density at radius 2 is 1.88 bits per heavy atom. The zero-order chi connectivity index (χ0) is 24.3. The zero-order valence-electron chi connectivity index (χ0n) is 18.6. The van der Waals surface area contributed by atoms with E-state index in [4.69, 9.17) is 4.74 Å². The van der Waals surface area contributed by atoms with Crippen LogP contribution in [-0.2, 0) is 10.9 Å². The fourth-order valence-corrected chi connectivity index (χ4v) is 3.59. The van der Waals surface area contributed by atoms with Crippen LogP contribution in [0.2, 0.25) is 0 Å². The SMILES string of the molecule is CNc1cc(-c2cc(NC(=O)c3cc(C(F)(F)F)cnn3)ccc2C)cc(N2CCOCC2)n1. The Morgan fingerprint density at radius 1 is 1.12 bits per heavy atom. The first-order valence-corrected chi connectivity index (χ1v) is 10.6. The van der Waals surface area contributed by atoms with Crippen LogP contribution in [0, 0.1) is 6.92 Å². The number of hydrogen-bond acceptors (Lipinski definition) is 7. The Bertz CT molecular complexity index is 1200. The van der Waals surface area contributed by atoms with Gasteiger partial charge < -0.3 is 20.3 Å². The van der Waals surface area contributed by atoms with Gasteiger partial charge in [0.15, 0.2) is 5.69 Å². The molecule has 1 saturated heterocycles. The summed E-state index contributed by atoms with van der Waals surface area (Å²) in [6, 6.07) is 9.83. The van der Waals surface area contributed by atoms with Crippen LogP contribution in [0.15, 0.2) is 42.6 Å². The molecule has 1 amide bonds. The molecule has 4 rings (SSSR count). The molecule has 0 saturated carbocycles. The van der Waals surface area contributed by atoms with Crippen LogP contribution in [0.25, 0.3) is 11.1 Å². The molecule has 34 heavy (non-hydrogen) atoms. The molecule has 0 bridgehead atoms. The van der Waals surface area contributed by atoms with Gasteiger partial charge in [0.25, 0.3) is 5.91 Å². The van der Waals surface area contributed by atoms with Crippen LogP contribution >= 0.6 is 0 Å². The number of aryl methyl sites for hydroxylation is 1. The van der Waals surface area contributed by atoms with Gasteiger partial charge in [-0.15, -0.1) is 5.10 Å². The van der Waals surface area contributed by atoms with Gasteiger partial charge in [0.2, 0.25) is 0 Å². The van der Waals surface area contributed by atoms with Crippen LogP contribution in [0.3, 0.4) is 0 Å². The number of anilines is 3. The second-order valence-electron chi connectivity index (χ2n) is 7.76. The van der Waals surface area contributed by atoms with E-state index in [0.29, 0.717) is 37.0 Å². The smallest absolute Gasteiger partial charge is 0.378 e. The lowest BCUT2D eigenvalue weighted by Crippen LogP contribution is -2.36. The lowest BCUT2D eigenvalue weighted by atomic mass is 10.00. The molecule has 3 heterocycles. The molecular formula is C23H23F3N6O2. The van der Waals surface area contributed by atoms with Gasteiger partial charge in [0.05, 0.1) is 25.0 Å². The number of morpholine rings is 1. The molecule has 0 atom stereocenters. The Kier molecular flexibility index (Phi) is 6.64. The first-order chi connectivity index (χ1) is 16.2. The maximum Gasteiger partial charge on any atom is 0.418 e. The van der Waals surface area contributed by atoms with Crippen LogP contribution in [0.4, 0.5) is 30.5 Å². The van der Waals surface area contributed by atoms with E-state index in [1.807, 2.05) is 25.1 Å². The van der Waals surface area contributed by atoms with E-state index in [1.165, 1.54) is 0 Å². The molecule has 0 aliphatic carbocycles. The number of alkyl halides is 3. The summed E-state index contributed by atoms with van der Waals surface area (Å²) in [6.07, 6.45) is -4.04. The highest BCUT2D eigenvalue weighted by Crippen LogP contribution is 2.32. The van der Waals surface area contributed by atoms with E-state index < -0.39 is 23.3 Å². The Balaban J connectivity index is 1.63. The van der Waals surface area contributed by atoms with Gasteiger partial charge in [-0.3, -0.25) is 4.79 Å². The topological polar surface area (TPSA) is 92.3 Å². The molecule has 1 fully saturated rings. The summed E-state index contributed by atoms with van der Waals surface area (Å²) >= 11 is 0. The second-order valence-corrected chi connectivity index (χ2v) is 7.76. The molecule has 0 radical (unpaired) electrons. The average Bonchev–Trinajstić information content (AvgIpc) is 2.85. The van der Waals surface area contributed by atoms with E-state index in [0.717, 1.165) is 35.6 Å². The maximum atomic E-state index is 13.0. The normalized spacial score (nSPS) is 14.1. The number of benzene rings is 1. The third-order valence-electron chi connectivity index (χ3n) is 5.42. The lowest BCUT2D eigenvalue weighted by molar-refractivity contribution is -0.137. The van der Waals surface area contributed by atoms with Gasteiger partial charge in [-0.05, 0) is 53.9 Å². The first kappa shape index (κ1) is 23.4. The van der Waals surface area contributed by atoms with Crippen LogP contribution in [-0.4, -0.2) is 54.4 Å². The number of aromatic nitrogens is 3.